The van der Waals surface area contributed by atoms with E-state index in [-0.39, 0.29) is 11.6 Å². The Bertz CT molecular complexity index is 1230. The zero-order chi connectivity index (χ0) is 22.4. The molecule has 10 nitrogen and oxygen atoms in total. The lowest BCUT2D eigenvalue weighted by molar-refractivity contribution is 0.0634. The van der Waals surface area contributed by atoms with Gasteiger partial charge in [0.05, 0.1) is 12.1 Å². The summed E-state index contributed by atoms with van der Waals surface area (Å²) in [6.07, 6.45) is 5.44. The number of nitrogens with zero attached hydrogens (tertiary/aromatic N) is 7. The van der Waals surface area contributed by atoms with Crippen LogP contribution in [0.25, 0.3) is 5.65 Å². The Labute approximate surface area is 185 Å². The lowest BCUT2D eigenvalue weighted by atomic mass is 10.0. The third-order valence-electron chi connectivity index (χ3n) is 6.29. The molecule has 3 aromatic heterocycles. The van der Waals surface area contributed by atoms with Crippen LogP contribution in [0, 0.1) is 0 Å². The van der Waals surface area contributed by atoms with Crippen molar-refractivity contribution in [3.05, 3.63) is 46.6 Å². The van der Waals surface area contributed by atoms with Gasteiger partial charge in [0.2, 0.25) is 0 Å². The minimum Gasteiger partial charge on any atom is -0.488 e. The zero-order valence-corrected chi connectivity index (χ0v) is 18.6. The van der Waals surface area contributed by atoms with Gasteiger partial charge in [-0.3, -0.25) is 9.20 Å². The van der Waals surface area contributed by atoms with E-state index in [0.717, 1.165) is 31.6 Å². The first kappa shape index (κ1) is 20.5. The van der Waals surface area contributed by atoms with Crippen molar-refractivity contribution < 1.29 is 9.53 Å². The molecule has 1 unspecified atom stereocenters. The summed E-state index contributed by atoms with van der Waals surface area (Å²) in [5, 5.41) is 4.27. The molecule has 0 radical (unpaired) electrons. The molecular formula is C22H27N7O3. The number of anilines is 2. The second-order valence-corrected chi connectivity index (χ2v) is 8.58. The van der Waals surface area contributed by atoms with Gasteiger partial charge < -0.3 is 19.4 Å². The van der Waals surface area contributed by atoms with Gasteiger partial charge in [0.25, 0.3) is 5.91 Å². The molecule has 0 spiro atoms. The molecule has 1 atom stereocenters. The fourth-order valence-corrected chi connectivity index (χ4v) is 4.45. The topological polar surface area (TPSA) is 88.2 Å². The van der Waals surface area contributed by atoms with Gasteiger partial charge in [0.15, 0.2) is 17.2 Å². The summed E-state index contributed by atoms with van der Waals surface area (Å²) in [6.45, 7) is 2.56. The van der Waals surface area contributed by atoms with Gasteiger partial charge in [-0.05, 0) is 39.1 Å². The summed E-state index contributed by atoms with van der Waals surface area (Å²) in [5.74, 6) is 1.23. The van der Waals surface area contributed by atoms with Crippen LogP contribution < -0.4 is 15.3 Å². The van der Waals surface area contributed by atoms with E-state index in [1.54, 1.807) is 25.5 Å². The Kier molecular flexibility index (Phi) is 5.09. The van der Waals surface area contributed by atoms with Crippen LogP contribution >= 0.6 is 0 Å². The van der Waals surface area contributed by atoms with Crippen LogP contribution in [0.5, 0.6) is 5.75 Å². The highest BCUT2D eigenvalue weighted by atomic mass is 16.5. The average Bonchev–Trinajstić information content (AvgIpc) is 3.10. The number of fused-ring (bicyclic) bond motifs is 2. The van der Waals surface area contributed by atoms with Gasteiger partial charge in [-0.2, -0.15) is 5.10 Å². The lowest BCUT2D eigenvalue weighted by Crippen LogP contribution is -2.47. The Balaban J connectivity index is 1.43. The molecule has 10 heteroatoms. The van der Waals surface area contributed by atoms with E-state index in [9.17, 15) is 9.59 Å². The minimum atomic E-state index is -0.190. The second-order valence-electron chi connectivity index (χ2n) is 8.58. The predicted molar refractivity (Wildman–Crippen MR) is 120 cm³/mol. The molecular weight excluding hydrogens is 410 g/mol. The number of amides is 1. The number of likely N-dealkylation sites (tertiary alicyclic amines) is 1. The SMILES string of the molecule is CN(C)C1CCCN(C(=O)c2cnc3c(c2)OCCN3c2ccn3c(=O)n(C)nc3c2)C1. The Morgan fingerprint density at radius 3 is 2.91 bits per heavy atom. The van der Waals surface area contributed by atoms with Crippen LogP contribution in [0.1, 0.15) is 23.2 Å². The Morgan fingerprint density at radius 1 is 1.25 bits per heavy atom. The molecule has 0 saturated carbocycles. The summed E-state index contributed by atoms with van der Waals surface area (Å²) < 4.78 is 8.67. The maximum atomic E-state index is 13.1. The maximum Gasteiger partial charge on any atom is 0.350 e. The molecule has 5 heterocycles. The standard InChI is InChI=1S/C22H27N7O3/c1-25(2)17-5-4-7-27(14-17)21(30)15-11-18-20(23-13-15)28(9-10-32-18)16-6-8-29-19(12-16)24-26(3)22(29)31/h6,8,11-13,17H,4-5,7,9-10,14H2,1-3H3. The molecule has 0 aliphatic carbocycles. The number of aromatic nitrogens is 4. The number of rotatable bonds is 3. The summed E-state index contributed by atoms with van der Waals surface area (Å²) in [5.41, 5.74) is 1.78. The summed E-state index contributed by atoms with van der Waals surface area (Å²) >= 11 is 0. The van der Waals surface area contributed by atoms with Gasteiger partial charge in [-0.15, -0.1) is 0 Å². The van der Waals surface area contributed by atoms with Crippen LogP contribution in [0.3, 0.4) is 0 Å². The van der Waals surface area contributed by atoms with Crippen molar-refractivity contribution in [2.75, 3.05) is 45.2 Å². The lowest BCUT2D eigenvalue weighted by Gasteiger charge is -2.36. The van der Waals surface area contributed by atoms with Gasteiger partial charge in [-0.25, -0.2) is 14.5 Å². The van der Waals surface area contributed by atoms with Crippen LogP contribution in [0.15, 0.2) is 35.4 Å². The Hall–Kier alpha value is -3.40. The van der Waals surface area contributed by atoms with Crippen molar-refractivity contribution >= 4 is 23.1 Å². The molecule has 1 fully saturated rings. The van der Waals surface area contributed by atoms with E-state index < -0.39 is 0 Å². The van der Waals surface area contributed by atoms with Crippen molar-refractivity contribution in [3.8, 4) is 5.75 Å². The van der Waals surface area contributed by atoms with Crippen molar-refractivity contribution in [2.24, 2.45) is 7.05 Å². The van der Waals surface area contributed by atoms with Gasteiger partial charge in [0.1, 0.15) is 6.61 Å². The molecule has 0 aromatic carbocycles. The fourth-order valence-electron chi connectivity index (χ4n) is 4.45. The van der Waals surface area contributed by atoms with Crippen LogP contribution in [0.2, 0.25) is 0 Å². The van der Waals surface area contributed by atoms with Crippen molar-refractivity contribution in [1.82, 2.24) is 29.0 Å². The molecule has 1 amide bonds. The summed E-state index contributed by atoms with van der Waals surface area (Å²) in [6, 6.07) is 5.88. The molecule has 0 bridgehead atoms. The number of carbonyl (C=O) groups is 1. The molecule has 1 saturated heterocycles. The monoisotopic (exact) mass is 437 g/mol. The molecule has 0 N–H and O–H groups in total. The quantitative estimate of drug-likeness (QED) is 0.607. The van der Waals surface area contributed by atoms with Gasteiger partial charge in [-0.1, -0.05) is 0 Å². The number of ether oxygens (including phenoxy) is 1. The van der Waals surface area contributed by atoms with Crippen molar-refractivity contribution in [1.29, 1.82) is 0 Å². The number of carbonyl (C=O) groups excluding carboxylic acids is 1. The number of piperidine rings is 1. The molecule has 2 aliphatic rings. The first-order valence-electron chi connectivity index (χ1n) is 10.8. The first-order valence-corrected chi connectivity index (χ1v) is 10.8. The molecule has 3 aromatic rings. The van der Waals surface area contributed by atoms with E-state index in [1.165, 1.54) is 9.08 Å². The molecule has 2 aliphatic heterocycles. The number of pyridine rings is 2. The zero-order valence-electron chi connectivity index (χ0n) is 18.6. The normalized spacial score (nSPS) is 18.7. The number of hydrogen-bond acceptors (Lipinski definition) is 7. The predicted octanol–water partition coefficient (Wildman–Crippen LogP) is 1.12. The van der Waals surface area contributed by atoms with Gasteiger partial charge >= 0.3 is 5.69 Å². The molecule has 32 heavy (non-hydrogen) atoms. The highest BCUT2D eigenvalue weighted by Gasteiger charge is 2.28. The molecule has 5 rings (SSSR count). The second kappa shape index (κ2) is 7.94. The van der Waals surface area contributed by atoms with E-state index >= 15 is 0 Å². The third-order valence-corrected chi connectivity index (χ3v) is 6.29. The number of aryl methyl sites for hydroxylation is 1. The largest absolute Gasteiger partial charge is 0.488 e. The van der Waals surface area contributed by atoms with E-state index in [2.05, 4.69) is 29.1 Å². The summed E-state index contributed by atoms with van der Waals surface area (Å²) in [7, 11) is 5.74. The third kappa shape index (κ3) is 3.50. The van der Waals surface area contributed by atoms with Crippen molar-refractivity contribution in [2.45, 2.75) is 18.9 Å². The first-order chi connectivity index (χ1) is 15.4. The highest BCUT2D eigenvalue weighted by Crippen LogP contribution is 2.35. The average molecular weight is 438 g/mol. The smallest absolute Gasteiger partial charge is 0.350 e. The molecule has 168 valence electrons. The van der Waals surface area contributed by atoms with Crippen LogP contribution in [0.4, 0.5) is 11.5 Å². The van der Waals surface area contributed by atoms with E-state index in [1.807, 2.05) is 21.9 Å². The maximum absolute atomic E-state index is 13.1. The van der Waals surface area contributed by atoms with Gasteiger partial charge in [0, 0.05) is 50.3 Å². The van der Waals surface area contributed by atoms with E-state index in [4.69, 9.17) is 4.74 Å². The van der Waals surface area contributed by atoms with Crippen molar-refractivity contribution in [3.63, 3.8) is 0 Å². The summed E-state index contributed by atoms with van der Waals surface area (Å²) in [4.78, 5) is 35.9. The number of hydrogen-bond donors (Lipinski definition) is 0. The minimum absolute atomic E-state index is 0.0122. The van der Waals surface area contributed by atoms with E-state index in [0.29, 0.717) is 42.0 Å². The Morgan fingerprint density at radius 2 is 2.09 bits per heavy atom. The van der Waals surface area contributed by atoms with Crippen LogP contribution in [-0.4, -0.2) is 81.3 Å². The highest BCUT2D eigenvalue weighted by molar-refractivity contribution is 5.95. The fraction of sp³-hybridized carbons (Fsp3) is 0.455. The van der Waals surface area contributed by atoms with Crippen LogP contribution in [-0.2, 0) is 7.05 Å². The number of likely N-dealkylation sites (N-methyl/N-ethyl adjacent to an activating group) is 1.